The first-order chi connectivity index (χ1) is 25.8. The van der Waals surface area contributed by atoms with Gasteiger partial charge >= 0.3 is 11.9 Å². The summed E-state index contributed by atoms with van der Waals surface area (Å²) in [5.41, 5.74) is 10.1. The quantitative estimate of drug-likeness (QED) is 0.147. The van der Waals surface area contributed by atoms with E-state index < -0.39 is 29.2 Å². The Morgan fingerprint density at radius 3 is 2.16 bits per heavy atom. The van der Waals surface area contributed by atoms with Crippen molar-refractivity contribution in [1.82, 2.24) is 9.64 Å². The van der Waals surface area contributed by atoms with E-state index in [0.29, 0.717) is 17.0 Å². The van der Waals surface area contributed by atoms with Crippen LogP contribution in [-0.2, 0) is 24.6 Å². The summed E-state index contributed by atoms with van der Waals surface area (Å²) in [4.78, 5) is 56.4. The van der Waals surface area contributed by atoms with E-state index in [2.05, 4.69) is 108 Å². The molecule has 2 amide bonds. The first-order valence-electron chi connectivity index (χ1n) is 19.4. The van der Waals surface area contributed by atoms with Crippen molar-refractivity contribution in [3.63, 3.8) is 0 Å². The largest absolute Gasteiger partial charge is 0.478 e. The Labute approximate surface area is 323 Å². The average molecular weight is 743 g/mol. The number of hydrogen-bond donors (Lipinski definition) is 1. The van der Waals surface area contributed by atoms with Gasteiger partial charge in [0.15, 0.2) is 5.54 Å². The molecule has 55 heavy (non-hydrogen) atoms. The maximum atomic E-state index is 12.8. The molecule has 9 heteroatoms. The second kappa shape index (κ2) is 13.5. The number of amides is 2. The van der Waals surface area contributed by atoms with Gasteiger partial charge < -0.3 is 14.8 Å². The van der Waals surface area contributed by atoms with Crippen LogP contribution in [0.25, 0.3) is 16.7 Å². The van der Waals surface area contributed by atoms with Gasteiger partial charge in [-0.3, -0.25) is 9.59 Å². The highest BCUT2D eigenvalue weighted by molar-refractivity contribution is 6.02. The number of fused-ring (bicyclic) bond motifs is 4. The number of carboxylic acids is 1. The summed E-state index contributed by atoms with van der Waals surface area (Å²) < 4.78 is 2.45. The van der Waals surface area contributed by atoms with Gasteiger partial charge in [0.25, 0.3) is 11.8 Å². The van der Waals surface area contributed by atoms with Crippen LogP contribution in [0.5, 0.6) is 0 Å². The van der Waals surface area contributed by atoms with Crippen LogP contribution < -0.4 is 20.1 Å². The second-order valence-corrected chi connectivity index (χ2v) is 17.2. The Balaban J connectivity index is 1.36. The molecule has 3 aliphatic heterocycles. The number of aromatic carboxylic acids is 1. The SMILES string of the molecule is CC1=CC(C)(C)N(C)c2cc3c(cc21)C(c1ccccc1C(=O)O)=c1cc2c(cc1C3(C)C)=[N+](CCCCCC(=O)ON1C(=O)CCC1=O)C(C)(C)C=C2C. The number of hydrogen-bond acceptors (Lipinski definition) is 6. The molecule has 0 atom stereocenters. The van der Waals surface area contributed by atoms with E-state index in [0.717, 1.165) is 74.6 Å². The summed E-state index contributed by atoms with van der Waals surface area (Å²) in [6, 6.07) is 16.6. The fraction of sp³-hybridized carbons (Fsp3) is 0.413. The molecule has 0 bridgehead atoms. The summed E-state index contributed by atoms with van der Waals surface area (Å²) in [6.07, 6.45) is 7.03. The van der Waals surface area contributed by atoms with Crippen molar-refractivity contribution in [2.45, 2.75) is 110 Å². The first-order valence-corrected chi connectivity index (χ1v) is 19.4. The minimum absolute atomic E-state index is 0.0734. The zero-order valence-corrected chi connectivity index (χ0v) is 33.6. The van der Waals surface area contributed by atoms with Crippen molar-refractivity contribution >= 4 is 46.2 Å². The van der Waals surface area contributed by atoms with Crippen molar-refractivity contribution in [3.8, 4) is 0 Å². The maximum absolute atomic E-state index is 12.8. The number of benzene rings is 3. The molecule has 3 heterocycles. The van der Waals surface area contributed by atoms with E-state index in [1.807, 2.05) is 12.1 Å². The average Bonchev–Trinajstić information content (AvgIpc) is 3.43. The molecule has 286 valence electrons. The standard InChI is InChI=1S/C46H51N3O6/c1-27-25-44(3,4)47(9)37-23-35-33(21-31(27)37)42(29-15-12-13-16-30(29)43(53)54)34-22-32-28(2)26-45(5,6)48(38(32)24-36(34)46(35,7)8)20-14-10-11-17-41(52)55-49-39(50)18-19-40(49)51/h12-13,15-16,21-26H,10-11,14,17-20H2,1-9H3/p+1. The van der Waals surface area contributed by atoms with E-state index in [-0.39, 0.29) is 35.9 Å². The molecule has 1 aliphatic carbocycles. The third kappa shape index (κ3) is 6.41. The van der Waals surface area contributed by atoms with Gasteiger partial charge in [0.1, 0.15) is 6.54 Å². The molecule has 0 spiro atoms. The van der Waals surface area contributed by atoms with E-state index in [4.69, 9.17) is 4.84 Å². The molecular formula is C46H52N3O6+. The highest BCUT2D eigenvalue weighted by Crippen LogP contribution is 2.47. The third-order valence-corrected chi connectivity index (χ3v) is 12.2. The normalized spacial score (nSPS) is 18.9. The number of anilines is 1. The number of rotatable bonds is 9. The summed E-state index contributed by atoms with van der Waals surface area (Å²) in [6.45, 7) is 18.5. The zero-order valence-electron chi connectivity index (χ0n) is 33.6. The zero-order chi connectivity index (χ0) is 39.8. The number of likely N-dealkylation sites (N-methyl/N-ethyl adjacent to an activating group) is 1. The number of unbranched alkanes of at least 4 members (excludes halogenated alkanes) is 2. The number of carbonyl (C=O) groups is 4. The van der Waals surface area contributed by atoms with Crippen LogP contribution in [0.15, 0.2) is 60.7 Å². The molecule has 0 aromatic heterocycles. The van der Waals surface area contributed by atoms with E-state index in [1.54, 1.807) is 12.1 Å². The number of imide groups is 1. The predicted octanol–water partition coefficient (Wildman–Crippen LogP) is 6.76. The molecule has 0 saturated carbocycles. The maximum Gasteiger partial charge on any atom is 0.336 e. The van der Waals surface area contributed by atoms with Crippen molar-refractivity contribution in [3.05, 3.63) is 110 Å². The first kappa shape index (κ1) is 38.0. The molecule has 4 aliphatic rings. The molecule has 3 aromatic carbocycles. The van der Waals surface area contributed by atoms with E-state index in [9.17, 15) is 24.3 Å². The summed E-state index contributed by atoms with van der Waals surface area (Å²) in [7, 11) is 2.14. The number of nitrogens with zero attached hydrogens (tertiary/aromatic N) is 3. The van der Waals surface area contributed by atoms with Crippen molar-refractivity contribution in [2.75, 3.05) is 18.5 Å². The molecule has 3 aromatic rings. The molecular weight excluding hydrogens is 691 g/mol. The Hall–Kier alpha value is -5.31. The highest BCUT2D eigenvalue weighted by Gasteiger charge is 2.40. The van der Waals surface area contributed by atoms with Crippen molar-refractivity contribution in [2.24, 2.45) is 0 Å². The monoisotopic (exact) mass is 742 g/mol. The van der Waals surface area contributed by atoms with Crippen LogP contribution in [0.1, 0.15) is 138 Å². The predicted molar refractivity (Wildman–Crippen MR) is 215 cm³/mol. The van der Waals surface area contributed by atoms with Gasteiger partial charge in [-0.2, -0.15) is 0 Å². The van der Waals surface area contributed by atoms with Gasteiger partial charge in [-0.25, -0.2) is 14.2 Å². The molecule has 7 rings (SSSR count). The highest BCUT2D eigenvalue weighted by atomic mass is 16.7. The Bertz CT molecular complexity index is 2380. The van der Waals surface area contributed by atoms with Gasteiger partial charge in [-0.05, 0) is 115 Å². The van der Waals surface area contributed by atoms with Gasteiger partial charge in [-0.15, -0.1) is 5.06 Å². The topological polar surface area (TPSA) is 107 Å². The van der Waals surface area contributed by atoms with Crippen LogP contribution in [0.3, 0.4) is 0 Å². The minimum atomic E-state index is -0.959. The smallest absolute Gasteiger partial charge is 0.336 e. The Kier molecular flexibility index (Phi) is 9.30. The van der Waals surface area contributed by atoms with Gasteiger partial charge in [0.05, 0.1) is 11.1 Å². The molecule has 0 unspecified atom stereocenters. The lowest BCUT2D eigenvalue weighted by Crippen LogP contribution is -2.51. The number of carbonyl (C=O) groups excluding carboxylic acids is 3. The lowest BCUT2D eigenvalue weighted by atomic mass is 9.67. The van der Waals surface area contributed by atoms with Crippen LogP contribution in [0, 0.1) is 0 Å². The van der Waals surface area contributed by atoms with Crippen LogP contribution in [0.2, 0.25) is 0 Å². The minimum Gasteiger partial charge on any atom is -0.478 e. The van der Waals surface area contributed by atoms with Gasteiger partial charge in [0.2, 0.25) is 5.36 Å². The summed E-state index contributed by atoms with van der Waals surface area (Å²) in [5.74, 6) is -2.47. The fourth-order valence-electron chi connectivity index (χ4n) is 9.17. The number of carboxylic acid groups (broad SMARTS) is 1. The number of allylic oxidation sites excluding steroid dienone is 2. The molecule has 1 N–H and O–H groups in total. The fourth-order valence-corrected chi connectivity index (χ4v) is 9.17. The Morgan fingerprint density at radius 1 is 0.800 bits per heavy atom. The van der Waals surface area contributed by atoms with E-state index in [1.165, 1.54) is 5.57 Å². The molecule has 1 fully saturated rings. The van der Waals surface area contributed by atoms with Crippen LogP contribution in [-0.4, -0.2) is 58.6 Å². The Morgan fingerprint density at radius 2 is 1.47 bits per heavy atom. The van der Waals surface area contributed by atoms with Crippen LogP contribution in [0.4, 0.5) is 5.69 Å². The molecule has 0 radical (unpaired) electrons. The van der Waals surface area contributed by atoms with Crippen molar-refractivity contribution in [1.29, 1.82) is 0 Å². The second-order valence-electron chi connectivity index (χ2n) is 17.2. The molecule has 1 saturated heterocycles. The van der Waals surface area contributed by atoms with Crippen molar-refractivity contribution < 1.29 is 29.1 Å². The van der Waals surface area contributed by atoms with E-state index >= 15 is 0 Å². The molecule has 9 nitrogen and oxygen atoms in total. The third-order valence-electron chi connectivity index (χ3n) is 12.2. The van der Waals surface area contributed by atoms with Gasteiger partial charge in [-0.1, -0.05) is 38.1 Å². The van der Waals surface area contributed by atoms with Gasteiger partial charge in [0, 0.05) is 74.9 Å². The van der Waals surface area contributed by atoms with Crippen LogP contribution >= 0.6 is 0 Å². The lowest BCUT2D eigenvalue weighted by molar-refractivity contribution is -0.197. The lowest BCUT2D eigenvalue weighted by Gasteiger charge is -2.43. The summed E-state index contributed by atoms with van der Waals surface area (Å²) in [5, 5.41) is 13.3. The summed E-state index contributed by atoms with van der Waals surface area (Å²) >= 11 is 0. The number of hydroxylamine groups is 2.